The van der Waals surface area contributed by atoms with Crippen molar-refractivity contribution >= 4 is 39.0 Å². The maximum absolute atomic E-state index is 12.3. The number of pyridine rings is 1. The summed E-state index contributed by atoms with van der Waals surface area (Å²) in [5.74, 6) is 0.313. The van der Waals surface area contributed by atoms with Gasteiger partial charge in [-0.3, -0.25) is 0 Å². The number of ether oxygens (including phenoxy) is 2. The zero-order chi connectivity index (χ0) is 24.9. The molecule has 0 radical (unpaired) electrons. The number of halogens is 1. The Hall–Kier alpha value is -3.49. The molecule has 7 nitrogen and oxygen atoms in total. The molecular weight excluding hydrogens is 484 g/mol. The number of hydrogen-bond donors (Lipinski definition) is 0. The fourth-order valence-electron chi connectivity index (χ4n) is 3.61. The van der Waals surface area contributed by atoms with Gasteiger partial charge < -0.3 is 9.47 Å². The first-order valence-corrected chi connectivity index (χ1v) is 12.3. The van der Waals surface area contributed by atoms with Gasteiger partial charge in [-0.25, -0.2) is 14.5 Å². The van der Waals surface area contributed by atoms with Gasteiger partial charge in [0.2, 0.25) is 0 Å². The van der Waals surface area contributed by atoms with Crippen molar-refractivity contribution in [1.82, 2.24) is 20.0 Å². The van der Waals surface area contributed by atoms with E-state index >= 15 is 0 Å². The zero-order valence-corrected chi connectivity index (χ0v) is 21.3. The Morgan fingerprint density at radius 2 is 2.17 bits per heavy atom. The van der Waals surface area contributed by atoms with Gasteiger partial charge in [-0.2, -0.15) is 0 Å². The van der Waals surface area contributed by atoms with Crippen LogP contribution in [0.25, 0.3) is 21.3 Å². The standard InChI is InChI=1S/C26H25ClN4O3S/c1-5-7-16(3)12-31-13-21(29-30-31)18-9-8-17(4)22(10-18)34-14-19-15-35-24-20(26(32)33-6-2)11-28-25(27)23(19)24/h5,7-11,13,15H,1,6,12,14H2,2-4H3/b16-7+. The molecule has 0 spiro atoms. The molecule has 0 amide bonds. The molecule has 0 bridgehead atoms. The molecule has 0 saturated heterocycles. The van der Waals surface area contributed by atoms with Gasteiger partial charge in [0.1, 0.15) is 23.2 Å². The highest BCUT2D eigenvalue weighted by Gasteiger charge is 2.19. The van der Waals surface area contributed by atoms with E-state index in [2.05, 4.69) is 21.9 Å². The molecule has 1 aromatic carbocycles. The summed E-state index contributed by atoms with van der Waals surface area (Å²) in [6.07, 6.45) is 7.07. The van der Waals surface area contributed by atoms with Crippen LogP contribution in [0.1, 0.15) is 35.3 Å². The van der Waals surface area contributed by atoms with Gasteiger partial charge in [-0.1, -0.05) is 53.3 Å². The van der Waals surface area contributed by atoms with Crippen molar-refractivity contribution in [2.45, 2.75) is 33.9 Å². The summed E-state index contributed by atoms with van der Waals surface area (Å²) in [6, 6.07) is 5.94. The molecule has 0 unspecified atom stereocenters. The van der Waals surface area contributed by atoms with E-state index in [0.717, 1.165) is 38.4 Å². The van der Waals surface area contributed by atoms with E-state index < -0.39 is 5.97 Å². The van der Waals surface area contributed by atoms with Crippen LogP contribution in [0.15, 0.2) is 60.3 Å². The number of fused-ring (bicyclic) bond motifs is 1. The minimum absolute atomic E-state index is 0.274. The van der Waals surface area contributed by atoms with E-state index in [1.54, 1.807) is 17.7 Å². The van der Waals surface area contributed by atoms with Crippen molar-refractivity contribution in [2.24, 2.45) is 0 Å². The Balaban J connectivity index is 1.56. The average molecular weight is 509 g/mol. The lowest BCUT2D eigenvalue weighted by atomic mass is 10.1. The maximum atomic E-state index is 12.3. The second kappa shape index (κ2) is 10.8. The fourth-order valence-corrected chi connectivity index (χ4v) is 4.99. The van der Waals surface area contributed by atoms with Gasteiger partial charge in [-0.05, 0) is 37.8 Å². The predicted molar refractivity (Wildman–Crippen MR) is 139 cm³/mol. The van der Waals surface area contributed by atoms with Crippen molar-refractivity contribution in [3.05, 3.63) is 82.1 Å². The second-order valence-corrected chi connectivity index (χ2v) is 9.20. The van der Waals surface area contributed by atoms with Gasteiger partial charge in [0.15, 0.2) is 0 Å². The number of thiophene rings is 1. The molecule has 180 valence electrons. The van der Waals surface area contributed by atoms with Crippen molar-refractivity contribution in [1.29, 1.82) is 0 Å². The van der Waals surface area contributed by atoms with Gasteiger partial charge >= 0.3 is 5.97 Å². The summed E-state index contributed by atoms with van der Waals surface area (Å²) < 4.78 is 13.9. The quantitative estimate of drug-likeness (QED) is 0.148. The van der Waals surface area contributed by atoms with Crippen molar-refractivity contribution in [3.63, 3.8) is 0 Å². The number of aromatic nitrogens is 4. The minimum atomic E-state index is -0.414. The van der Waals surface area contributed by atoms with Gasteiger partial charge in [0.25, 0.3) is 0 Å². The maximum Gasteiger partial charge on any atom is 0.341 e. The van der Waals surface area contributed by atoms with Crippen molar-refractivity contribution in [3.8, 4) is 17.0 Å². The Bertz CT molecular complexity index is 1420. The highest BCUT2D eigenvalue weighted by molar-refractivity contribution is 7.17. The fraction of sp³-hybridized carbons (Fsp3) is 0.231. The molecule has 0 atom stereocenters. The monoisotopic (exact) mass is 508 g/mol. The van der Waals surface area contributed by atoms with Crippen LogP contribution in [0.5, 0.6) is 5.75 Å². The molecular formula is C26H25ClN4O3S. The second-order valence-electron chi connectivity index (χ2n) is 7.97. The summed E-state index contributed by atoms with van der Waals surface area (Å²) >= 11 is 7.82. The molecule has 0 aliphatic carbocycles. The molecule has 0 aliphatic rings. The number of carbonyl (C=O) groups excluding carboxylic acids is 1. The Morgan fingerprint density at radius 1 is 1.34 bits per heavy atom. The number of carbonyl (C=O) groups is 1. The number of aryl methyl sites for hydroxylation is 1. The van der Waals surface area contributed by atoms with Crippen LogP contribution < -0.4 is 4.74 Å². The van der Waals surface area contributed by atoms with E-state index in [4.69, 9.17) is 21.1 Å². The molecule has 3 heterocycles. The first kappa shape index (κ1) is 24.6. The molecule has 4 aromatic rings. The molecule has 3 aromatic heterocycles. The summed E-state index contributed by atoms with van der Waals surface area (Å²) in [7, 11) is 0. The predicted octanol–water partition coefficient (Wildman–Crippen LogP) is 6.40. The van der Waals surface area contributed by atoms with Crippen molar-refractivity contribution in [2.75, 3.05) is 6.61 Å². The number of esters is 1. The van der Waals surface area contributed by atoms with E-state index in [0.29, 0.717) is 29.3 Å². The van der Waals surface area contributed by atoms with Gasteiger partial charge in [-0.15, -0.1) is 16.4 Å². The van der Waals surface area contributed by atoms with Crippen LogP contribution >= 0.6 is 22.9 Å². The van der Waals surface area contributed by atoms with Crippen LogP contribution in [0.3, 0.4) is 0 Å². The smallest absolute Gasteiger partial charge is 0.341 e. The van der Waals surface area contributed by atoms with E-state index in [1.807, 2.05) is 49.7 Å². The third kappa shape index (κ3) is 5.44. The molecule has 0 saturated carbocycles. The number of rotatable bonds is 9. The molecule has 35 heavy (non-hydrogen) atoms. The SMILES string of the molecule is C=C/C=C(\C)Cn1cc(-c2ccc(C)c(OCc3csc4c(C(=O)OCC)cnc(Cl)c34)c2)nn1. The highest BCUT2D eigenvalue weighted by Crippen LogP contribution is 2.35. The number of benzene rings is 1. The number of nitrogens with zero attached hydrogens (tertiary/aromatic N) is 4. The summed E-state index contributed by atoms with van der Waals surface area (Å²) in [4.78, 5) is 16.5. The van der Waals surface area contributed by atoms with E-state index in [1.165, 1.54) is 17.5 Å². The number of allylic oxidation sites excluding steroid dienone is 3. The third-order valence-electron chi connectivity index (χ3n) is 5.34. The van der Waals surface area contributed by atoms with Crippen LogP contribution in [-0.4, -0.2) is 32.6 Å². The van der Waals surface area contributed by atoms with E-state index in [9.17, 15) is 4.79 Å². The number of hydrogen-bond acceptors (Lipinski definition) is 7. The summed E-state index contributed by atoms with van der Waals surface area (Å²) in [6.45, 7) is 10.7. The van der Waals surface area contributed by atoms with E-state index in [-0.39, 0.29) is 6.61 Å². The molecule has 0 fully saturated rings. The topological polar surface area (TPSA) is 79.1 Å². The lowest BCUT2D eigenvalue weighted by Crippen LogP contribution is -2.05. The first-order chi connectivity index (χ1) is 16.9. The van der Waals surface area contributed by atoms with Crippen LogP contribution in [0.4, 0.5) is 0 Å². The minimum Gasteiger partial charge on any atom is -0.489 e. The van der Waals surface area contributed by atoms with Gasteiger partial charge in [0.05, 0.1) is 29.6 Å². The van der Waals surface area contributed by atoms with Crippen LogP contribution in [0, 0.1) is 6.92 Å². The Labute approximate surface area is 212 Å². The highest BCUT2D eigenvalue weighted by atomic mass is 35.5. The third-order valence-corrected chi connectivity index (χ3v) is 6.69. The zero-order valence-electron chi connectivity index (χ0n) is 19.7. The normalized spacial score (nSPS) is 11.6. The van der Waals surface area contributed by atoms with Gasteiger partial charge in [0, 0.05) is 22.7 Å². The molecule has 9 heteroatoms. The lowest BCUT2D eigenvalue weighted by molar-refractivity contribution is 0.0528. The Kier molecular flexibility index (Phi) is 7.63. The van der Waals surface area contributed by atoms with Crippen molar-refractivity contribution < 1.29 is 14.3 Å². The largest absolute Gasteiger partial charge is 0.489 e. The van der Waals surface area contributed by atoms with Crippen LogP contribution in [0.2, 0.25) is 5.15 Å². The lowest BCUT2D eigenvalue weighted by Gasteiger charge is -2.11. The summed E-state index contributed by atoms with van der Waals surface area (Å²) in [5, 5.41) is 11.5. The Morgan fingerprint density at radius 3 is 2.94 bits per heavy atom. The average Bonchev–Trinajstić information content (AvgIpc) is 3.47. The van der Waals surface area contributed by atoms with Crippen LogP contribution in [-0.2, 0) is 17.9 Å². The molecule has 0 aliphatic heterocycles. The molecule has 0 N–H and O–H groups in total. The molecule has 4 rings (SSSR count). The summed E-state index contributed by atoms with van der Waals surface area (Å²) in [5.41, 5.74) is 5.04. The first-order valence-electron chi connectivity index (χ1n) is 11.0.